The van der Waals surface area contributed by atoms with Crippen molar-refractivity contribution in [1.29, 1.82) is 0 Å². The molecule has 2 rings (SSSR count). The van der Waals surface area contributed by atoms with E-state index < -0.39 is 0 Å². The normalized spacial score (nSPS) is 16.9. The van der Waals surface area contributed by atoms with Gasteiger partial charge in [-0.3, -0.25) is 4.79 Å². The number of nitrogens with two attached hydrogens (primary N) is 1. The van der Waals surface area contributed by atoms with Crippen LogP contribution in [-0.2, 0) is 4.79 Å². The van der Waals surface area contributed by atoms with Gasteiger partial charge in [-0.25, -0.2) is 4.98 Å². The number of amides is 1. The molecule has 0 bridgehead atoms. The van der Waals surface area contributed by atoms with Crippen molar-refractivity contribution >= 4 is 17.4 Å². The SMILES string of the molecule is CC(CN)N1CC(=O)Nc2ncccc21. The summed E-state index contributed by atoms with van der Waals surface area (Å²) in [6.07, 6.45) is 1.66. The number of anilines is 2. The zero-order chi connectivity index (χ0) is 10.8. The number of fused-ring (bicyclic) bond motifs is 1. The van der Waals surface area contributed by atoms with Gasteiger partial charge in [-0.15, -0.1) is 0 Å². The summed E-state index contributed by atoms with van der Waals surface area (Å²) in [5.74, 6) is 0.579. The molecule has 1 aromatic heterocycles. The Morgan fingerprint density at radius 3 is 3.27 bits per heavy atom. The Balaban J connectivity index is 2.38. The van der Waals surface area contributed by atoms with Gasteiger partial charge in [0, 0.05) is 18.8 Å². The lowest BCUT2D eigenvalue weighted by Gasteiger charge is -2.34. The molecule has 0 fully saturated rings. The average Bonchev–Trinajstić information content (AvgIpc) is 2.26. The second-order valence-corrected chi connectivity index (χ2v) is 3.63. The van der Waals surface area contributed by atoms with Gasteiger partial charge in [0.2, 0.25) is 5.91 Å². The number of hydrogen-bond donors (Lipinski definition) is 2. The zero-order valence-electron chi connectivity index (χ0n) is 8.60. The van der Waals surface area contributed by atoms with Crippen LogP contribution in [0.25, 0.3) is 0 Å². The Morgan fingerprint density at radius 1 is 1.73 bits per heavy atom. The third-order valence-corrected chi connectivity index (χ3v) is 2.54. The van der Waals surface area contributed by atoms with Gasteiger partial charge in [0.1, 0.15) is 0 Å². The summed E-state index contributed by atoms with van der Waals surface area (Å²) >= 11 is 0. The molecular weight excluding hydrogens is 192 g/mol. The molecule has 80 valence electrons. The molecule has 0 spiro atoms. The number of aromatic nitrogens is 1. The summed E-state index contributed by atoms with van der Waals surface area (Å²) in [5, 5.41) is 2.74. The van der Waals surface area contributed by atoms with Crippen molar-refractivity contribution in [3.8, 4) is 0 Å². The molecule has 0 radical (unpaired) electrons. The van der Waals surface area contributed by atoms with Gasteiger partial charge < -0.3 is 16.0 Å². The minimum Gasteiger partial charge on any atom is -0.355 e. The van der Waals surface area contributed by atoms with Crippen LogP contribution < -0.4 is 16.0 Å². The minimum absolute atomic E-state index is 0.0403. The summed E-state index contributed by atoms with van der Waals surface area (Å²) in [6.45, 7) is 2.86. The zero-order valence-corrected chi connectivity index (χ0v) is 8.60. The van der Waals surface area contributed by atoms with Crippen LogP contribution in [0.5, 0.6) is 0 Å². The van der Waals surface area contributed by atoms with E-state index in [1.54, 1.807) is 6.20 Å². The first-order chi connectivity index (χ1) is 7.22. The molecule has 0 aliphatic carbocycles. The number of hydrogen-bond acceptors (Lipinski definition) is 4. The van der Waals surface area contributed by atoms with Crippen LogP contribution in [0, 0.1) is 0 Å². The Labute approximate surface area is 88.3 Å². The van der Waals surface area contributed by atoms with Gasteiger partial charge in [-0.1, -0.05) is 0 Å². The largest absolute Gasteiger partial charge is 0.355 e. The van der Waals surface area contributed by atoms with Gasteiger partial charge in [0.15, 0.2) is 5.82 Å². The molecular formula is C10H14N4O. The summed E-state index contributed by atoms with van der Waals surface area (Å²) in [6, 6.07) is 3.93. The molecule has 15 heavy (non-hydrogen) atoms. The van der Waals surface area contributed by atoms with Crippen molar-refractivity contribution in [2.45, 2.75) is 13.0 Å². The number of nitrogens with one attached hydrogen (secondary N) is 1. The van der Waals surface area contributed by atoms with Crippen LogP contribution >= 0.6 is 0 Å². The molecule has 0 saturated heterocycles. The maximum absolute atomic E-state index is 11.4. The molecule has 1 amide bonds. The second kappa shape index (κ2) is 3.86. The van der Waals surface area contributed by atoms with E-state index in [0.717, 1.165) is 5.69 Å². The summed E-state index contributed by atoms with van der Waals surface area (Å²) in [4.78, 5) is 17.5. The number of nitrogens with zero attached hydrogens (tertiary/aromatic N) is 2. The molecule has 1 aliphatic rings. The third kappa shape index (κ3) is 1.78. The third-order valence-electron chi connectivity index (χ3n) is 2.54. The van der Waals surface area contributed by atoms with Gasteiger partial charge in [0.25, 0.3) is 0 Å². The van der Waals surface area contributed by atoms with E-state index in [0.29, 0.717) is 18.9 Å². The highest BCUT2D eigenvalue weighted by atomic mass is 16.2. The molecule has 3 N–H and O–H groups in total. The highest BCUT2D eigenvalue weighted by Crippen LogP contribution is 2.27. The van der Waals surface area contributed by atoms with Crippen LogP contribution in [0.4, 0.5) is 11.5 Å². The second-order valence-electron chi connectivity index (χ2n) is 3.63. The molecule has 0 aromatic carbocycles. The van der Waals surface area contributed by atoms with Crippen LogP contribution in [-0.4, -0.2) is 30.0 Å². The first-order valence-electron chi connectivity index (χ1n) is 4.94. The first-order valence-corrected chi connectivity index (χ1v) is 4.94. The van der Waals surface area contributed by atoms with Crippen molar-refractivity contribution in [3.05, 3.63) is 18.3 Å². The lowest BCUT2D eigenvalue weighted by atomic mass is 10.2. The maximum atomic E-state index is 11.4. The van der Waals surface area contributed by atoms with Gasteiger partial charge in [-0.05, 0) is 19.1 Å². The monoisotopic (exact) mass is 206 g/mol. The van der Waals surface area contributed by atoms with Crippen LogP contribution in [0.2, 0.25) is 0 Å². The fraction of sp³-hybridized carbons (Fsp3) is 0.400. The highest BCUT2D eigenvalue weighted by Gasteiger charge is 2.25. The van der Waals surface area contributed by atoms with E-state index in [1.807, 2.05) is 24.0 Å². The predicted molar refractivity (Wildman–Crippen MR) is 58.7 cm³/mol. The van der Waals surface area contributed by atoms with Gasteiger partial charge >= 0.3 is 0 Å². The van der Waals surface area contributed by atoms with Crippen molar-refractivity contribution in [2.75, 3.05) is 23.3 Å². The predicted octanol–water partition coefficient (Wildman–Crippen LogP) is 0.187. The summed E-state index contributed by atoms with van der Waals surface area (Å²) in [7, 11) is 0. The Bertz CT molecular complexity index is 379. The van der Waals surface area contributed by atoms with E-state index in [-0.39, 0.29) is 11.9 Å². The van der Waals surface area contributed by atoms with E-state index in [2.05, 4.69) is 10.3 Å². The van der Waals surface area contributed by atoms with Gasteiger partial charge in [-0.2, -0.15) is 0 Å². The number of rotatable bonds is 2. The van der Waals surface area contributed by atoms with Gasteiger partial charge in [0.05, 0.1) is 12.2 Å². The van der Waals surface area contributed by atoms with Crippen molar-refractivity contribution in [2.24, 2.45) is 5.73 Å². The molecule has 5 nitrogen and oxygen atoms in total. The molecule has 1 aliphatic heterocycles. The standard InChI is InChI=1S/C10H14N4O/c1-7(5-11)14-6-9(15)13-10-8(14)3-2-4-12-10/h2-4,7H,5-6,11H2,1H3,(H,12,13,15). The molecule has 5 heteroatoms. The van der Waals surface area contributed by atoms with E-state index in [1.165, 1.54) is 0 Å². The fourth-order valence-electron chi connectivity index (χ4n) is 1.66. The van der Waals surface area contributed by atoms with E-state index in [9.17, 15) is 4.79 Å². The smallest absolute Gasteiger partial charge is 0.245 e. The Morgan fingerprint density at radius 2 is 2.53 bits per heavy atom. The average molecular weight is 206 g/mol. The summed E-state index contributed by atoms with van der Waals surface area (Å²) < 4.78 is 0. The first kappa shape index (κ1) is 9.92. The molecule has 0 saturated carbocycles. The summed E-state index contributed by atoms with van der Waals surface area (Å²) in [5.41, 5.74) is 6.55. The van der Waals surface area contributed by atoms with Crippen molar-refractivity contribution < 1.29 is 4.79 Å². The van der Waals surface area contributed by atoms with Crippen LogP contribution in [0.15, 0.2) is 18.3 Å². The maximum Gasteiger partial charge on any atom is 0.245 e. The molecule has 1 atom stereocenters. The Hall–Kier alpha value is -1.62. The lowest BCUT2D eigenvalue weighted by molar-refractivity contribution is -0.115. The fourth-order valence-corrected chi connectivity index (χ4v) is 1.66. The Kier molecular flexibility index (Phi) is 2.55. The lowest BCUT2D eigenvalue weighted by Crippen LogP contribution is -2.46. The number of carbonyl (C=O) groups excluding carboxylic acids is 1. The minimum atomic E-state index is -0.0403. The topological polar surface area (TPSA) is 71.2 Å². The quantitative estimate of drug-likeness (QED) is 0.724. The number of carbonyl (C=O) groups is 1. The van der Waals surface area contributed by atoms with E-state index in [4.69, 9.17) is 5.73 Å². The van der Waals surface area contributed by atoms with Crippen LogP contribution in [0.1, 0.15) is 6.92 Å². The highest BCUT2D eigenvalue weighted by molar-refractivity contribution is 5.99. The van der Waals surface area contributed by atoms with Crippen LogP contribution in [0.3, 0.4) is 0 Å². The van der Waals surface area contributed by atoms with Crippen molar-refractivity contribution in [1.82, 2.24) is 4.98 Å². The molecule has 1 unspecified atom stereocenters. The molecule has 1 aromatic rings. The van der Waals surface area contributed by atoms with E-state index >= 15 is 0 Å². The molecule has 2 heterocycles. The van der Waals surface area contributed by atoms with Crippen molar-refractivity contribution in [3.63, 3.8) is 0 Å². The number of pyridine rings is 1.